The van der Waals surface area contributed by atoms with Crippen molar-refractivity contribution < 1.29 is 4.90 Å². The third kappa shape index (κ3) is 5.31. The molecule has 1 nitrogen and oxygen atoms in total. The molecule has 2 rings (SSSR count). The zero-order valence-corrected chi connectivity index (χ0v) is 14.3. The molecule has 0 heterocycles. The molecule has 0 aliphatic carbocycles. The maximum Gasteiger partial charge on any atom is 0.0766 e. The van der Waals surface area contributed by atoms with Crippen LogP contribution in [0.3, 0.4) is 0 Å². The lowest BCUT2D eigenvalue weighted by Crippen LogP contribution is -3.05. The maximum absolute atomic E-state index is 2.42. The Balaban J connectivity index is 2.08. The summed E-state index contributed by atoms with van der Waals surface area (Å²) >= 11 is 0. The first-order chi connectivity index (χ1) is 10.7. The lowest BCUT2D eigenvalue weighted by Gasteiger charge is -2.25. The predicted octanol–water partition coefficient (Wildman–Crippen LogP) is 3.57. The van der Waals surface area contributed by atoms with Gasteiger partial charge in [0.1, 0.15) is 0 Å². The number of nitrogens with one attached hydrogen (secondary N) is 1. The van der Waals surface area contributed by atoms with Gasteiger partial charge in [0.25, 0.3) is 0 Å². The van der Waals surface area contributed by atoms with Gasteiger partial charge in [0, 0.05) is 0 Å². The number of hydrogen-bond donors (Lipinski definition) is 1. The molecule has 0 fully saturated rings. The average Bonchev–Trinajstić information content (AvgIpc) is 2.54. The van der Waals surface area contributed by atoms with Gasteiger partial charge in [-0.1, -0.05) is 67.6 Å². The number of rotatable bonds is 8. The molecule has 0 aliphatic rings. The van der Waals surface area contributed by atoms with Crippen LogP contribution >= 0.6 is 0 Å². The second-order valence-corrected chi connectivity index (χ2v) is 6.78. The van der Waals surface area contributed by atoms with E-state index in [-0.39, 0.29) is 0 Å². The molecule has 0 amide bonds. The van der Waals surface area contributed by atoms with E-state index in [4.69, 9.17) is 0 Å². The van der Waals surface area contributed by atoms with E-state index in [1.807, 2.05) is 0 Å². The van der Waals surface area contributed by atoms with E-state index in [0.29, 0.717) is 11.8 Å². The molecule has 0 saturated carbocycles. The fourth-order valence-electron chi connectivity index (χ4n) is 3.19. The highest BCUT2D eigenvalue weighted by atomic mass is 15.0. The summed E-state index contributed by atoms with van der Waals surface area (Å²) in [5.74, 6) is 1.32. The molecular weight excluding hydrogens is 266 g/mol. The van der Waals surface area contributed by atoms with Gasteiger partial charge in [-0.3, -0.25) is 0 Å². The van der Waals surface area contributed by atoms with Gasteiger partial charge in [0.15, 0.2) is 0 Å². The third-order valence-electron chi connectivity index (χ3n) is 4.55. The van der Waals surface area contributed by atoms with E-state index in [0.717, 1.165) is 6.42 Å². The molecule has 1 heteroatoms. The standard InChI is InChI=1S/C21H29N/c1-18(11-10-16-22(2)3)21(20-14-8-5-9-15-20)17-19-12-6-4-7-13-19/h4-9,12-15,18,21H,10-11,16-17H2,1-3H3/p+1/t18-,21-/m0/s1. The van der Waals surface area contributed by atoms with Crippen LogP contribution in [0.5, 0.6) is 0 Å². The smallest absolute Gasteiger partial charge is 0.0766 e. The summed E-state index contributed by atoms with van der Waals surface area (Å²) in [5.41, 5.74) is 2.93. The fourth-order valence-corrected chi connectivity index (χ4v) is 3.19. The summed E-state index contributed by atoms with van der Waals surface area (Å²) in [5, 5.41) is 0. The minimum Gasteiger partial charge on any atom is -0.340 e. The van der Waals surface area contributed by atoms with Crippen molar-refractivity contribution in [3.8, 4) is 0 Å². The first kappa shape index (κ1) is 16.8. The van der Waals surface area contributed by atoms with Crippen molar-refractivity contribution in [2.75, 3.05) is 20.6 Å². The van der Waals surface area contributed by atoms with Gasteiger partial charge in [-0.2, -0.15) is 0 Å². The Kier molecular flexibility index (Phi) is 6.67. The molecule has 0 bridgehead atoms. The molecule has 22 heavy (non-hydrogen) atoms. The first-order valence-corrected chi connectivity index (χ1v) is 8.54. The Hall–Kier alpha value is -1.60. The molecule has 0 aromatic heterocycles. The van der Waals surface area contributed by atoms with Crippen molar-refractivity contribution in [3.05, 3.63) is 71.8 Å². The topological polar surface area (TPSA) is 4.44 Å². The van der Waals surface area contributed by atoms with E-state index in [1.165, 1.54) is 30.5 Å². The highest BCUT2D eigenvalue weighted by Gasteiger charge is 2.19. The minimum atomic E-state index is 0.612. The monoisotopic (exact) mass is 296 g/mol. The lowest BCUT2D eigenvalue weighted by atomic mass is 9.80. The van der Waals surface area contributed by atoms with Gasteiger partial charge in [0.2, 0.25) is 0 Å². The SMILES string of the molecule is C[C@@H](CCC[NH+](C)C)[C@H](Cc1ccccc1)c1ccccc1. The van der Waals surface area contributed by atoms with Crippen LogP contribution in [0, 0.1) is 5.92 Å². The van der Waals surface area contributed by atoms with Crippen LogP contribution in [-0.4, -0.2) is 20.6 Å². The Morgan fingerprint density at radius 3 is 2.05 bits per heavy atom. The molecule has 0 radical (unpaired) electrons. The second-order valence-electron chi connectivity index (χ2n) is 6.78. The van der Waals surface area contributed by atoms with E-state index in [2.05, 4.69) is 81.7 Å². The van der Waals surface area contributed by atoms with Crippen LogP contribution < -0.4 is 4.90 Å². The van der Waals surface area contributed by atoms with Crippen LogP contribution in [0.1, 0.15) is 36.8 Å². The van der Waals surface area contributed by atoms with Crippen LogP contribution in [0.25, 0.3) is 0 Å². The summed E-state index contributed by atoms with van der Waals surface area (Å²) in [6, 6.07) is 22.0. The van der Waals surface area contributed by atoms with E-state index in [9.17, 15) is 0 Å². The summed E-state index contributed by atoms with van der Waals surface area (Å²) in [4.78, 5) is 1.55. The molecular formula is C21H30N+. The summed E-state index contributed by atoms with van der Waals surface area (Å²) in [7, 11) is 4.48. The zero-order valence-electron chi connectivity index (χ0n) is 14.3. The van der Waals surface area contributed by atoms with Crippen LogP contribution in [0.4, 0.5) is 0 Å². The lowest BCUT2D eigenvalue weighted by molar-refractivity contribution is -0.858. The predicted molar refractivity (Wildman–Crippen MR) is 95.4 cm³/mol. The second kappa shape index (κ2) is 8.75. The molecule has 2 atom stereocenters. The quantitative estimate of drug-likeness (QED) is 0.759. The Morgan fingerprint density at radius 2 is 1.45 bits per heavy atom. The van der Waals surface area contributed by atoms with Gasteiger partial charge < -0.3 is 4.90 Å². The average molecular weight is 296 g/mol. The van der Waals surface area contributed by atoms with Gasteiger partial charge in [-0.05, 0) is 42.2 Å². The van der Waals surface area contributed by atoms with E-state index in [1.54, 1.807) is 4.90 Å². The number of hydrogen-bond acceptors (Lipinski definition) is 0. The van der Waals surface area contributed by atoms with Gasteiger partial charge >= 0.3 is 0 Å². The normalized spacial score (nSPS) is 14.0. The molecule has 0 saturated heterocycles. The Morgan fingerprint density at radius 1 is 0.864 bits per heavy atom. The molecule has 0 aliphatic heterocycles. The third-order valence-corrected chi connectivity index (χ3v) is 4.55. The van der Waals surface area contributed by atoms with Crippen molar-refractivity contribution in [1.82, 2.24) is 0 Å². The van der Waals surface area contributed by atoms with Crippen molar-refractivity contribution >= 4 is 0 Å². The largest absolute Gasteiger partial charge is 0.340 e. The highest BCUT2D eigenvalue weighted by Crippen LogP contribution is 2.31. The van der Waals surface area contributed by atoms with Gasteiger partial charge in [-0.25, -0.2) is 0 Å². The van der Waals surface area contributed by atoms with Crippen LogP contribution in [-0.2, 0) is 6.42 Å². The maximum atomic E-state index is 2.42. The molecule has 2 aromatic carbocycles. The fraction of sp³-hybridized carbons (Fsp3) is 0.429. The molecule has 0 spiro atoms. The molecule has 2 aromatic rings. The summed E-state index contributed by atoms with van der Waals surface area (Å²) in [6.45, 7) is 3.68. The number of benzene rings is 2. The summed E-state index contributed by atoms with van der Waals surface area (Å²) in [6.07, 6.45) is 3.75. The molecule has 0 unspecified atom stereocenters. The zero-order chi connectivity index (χ0) is 15.8. The van der Waals surface area contributed by atoms with E-state index >= 15 is 0 Å². The van der Waals surface area contributed by atoms with Crippen molar-refractivity contribution in [2.45, 2.75) is 32.1 Å². The van der Waals surface area contributed by atoms with E-state index < -0.39 is 0 Å². The van der Waals surface area contributed by atoms with Crippen LogP contribution in [0.2, 0.25) is 0 Å². The molecule has 118 valence electrons. The highest BCUT2D eigenvalue weighted by molar-refractivity contribution is 5.24. The van der Waals surface area contributed by atoms with Gasteiger partial charge in [-0.15, -0.1) is 0 Å². The van der Waals surface area contributed by atoms with Crippen LogP contribution in [0.15, 0.2) is 60.7 Å². The Labute approximate surface area is 136 Å². The van der Waals surface area contributed by atoms with Crippen molar-refractivity contribution in [1.29, 1.82) is 0 Å². The van der Waals surface area contributed by atoms with Gasteiger partial charge in [0.05, 0.1) is 20.6 Å². The summed E-state index contributed by atoms with van der Waals surface area (Å²) < 4.78 is 0. The minimum absolute atomic E-state index is 0.612. The molecule has 1 N–H and O–H groups in total. The Bertz CT molecular complexity index is 518. The van der Waals surface area contributed by atoms with Crippen molar-refractivity contribution in [3.63, 3.8) is 0 Å². The number of quaternary nitrogens is 1. The first-order valence-electron chi connectivity index (χ1n) is 8.54. The van der Waals surface area contributed by atoms with Crippen molar-refractivity contribution in [2.24, 2.45) is 5.92 Å².